The van der Waals surface area contributed by atoms with E-state index in [0.29, 0.717) is 11.7 Å². The molecule has 2 fully saturated rings. The Balaban J connectivity index is 1.47. The van der Waals surface area contributed by atoms with Gasteiger partial charge < -0.3 is 14.2 Å². The van der Waals surface area contributed by atoms with Crippen molar-refractivity contribution in [2.45, 2.75) is 32.9 Å². The van der Waals surface area contributed by atoms with Crippen molar-refractivity contribution < 1.29 is 14.1 Å². The minimum absolute atomic E-state index is 0.0270. The quantitative estimate of drug-likeness (QED) is 0.812. The molecule has 0 bridgehead atoms. The van der Waals surface area contributed by atoms with Crippen LogP contribution in [0, 0.1) is 6.92 Å². The van der Waals surface area contributed by atoms with Crippen molar-refractivity contribution in [3.63, 3.8) is 0 Å². The Morgan fingerprint density at radius 3 is 2.67 bits per heavy atom. The average molecular weight is 336 g/mol. The molecule has 0 aromatic carbocycles. The summed E-state index contributed by atoms with van der Waals surface area (Å²) in [5.41, 5.74) is 1.23. The zero-order chi connectivity index (χ0) is 17.1. The van der Waals surface area contributed by atoms with Gasteiger partial charge in [0.25, 0.3) is 5.91 Å². The topological polar surface area (TPSA) is 62.1 Å². The fourth-order valence-electron chi connectivity index (χ4n) is 3.39. The number of aryl methyl sites for hydroxylation is 1. The zero-order valence-corrected chi connectivity index (χ0v) is 14.9. The highest BCUT2D eigenvalue weighted by Crippen LogP contribution is 2.14. The molecule has 0 radical (unpaired) electrons. The molecule has 1 aromatic rings. The highest BCUT2D eigenvalue weighted by atomic mass is 16.5. The fourth-order valence-corrected chi connectivity index (χ4v) is 3.39. The summed E-state index contributed by atoms with van der Waals surface area (Å²) in [5, 5.41) is 3.82. The van der Waals surface area contributed by atoms with Crippen molar-refractivity contribution in [3.8, 4) is 0 Å². The Hall–Kier alpha value is -1.44. The van der Waals surface area contributed by atoms with Gasteiger partial charge in [0.2, 0.25) is 0 Å². The van der Waals surface area contributed by atoms with Crippen LogP contribution in [0.5, 0.6) is 0 Å². The maximum atomic E-state index is 12.4. The molecule has 1 atom stereocenters. The number of hydrogen-bond acceptors (Lipinski definition) is 6. The molecular weight excluding hydrogens is 308 g/mol. The molecule has 1 amide bonds. The fraction of sp³-hybridized carbons (Fsp3) is 0.765. The molecule has 7 nitrogen and oxygen atoms in total. The minimum Gasteiger partial charge on any atom is -0.374 e. The van der Waals surface area contributed by atoms with E-state index in [1.165, 1.54) is 6.26 Å². The van der Waals surface area contributed by atoms with Crippen LogP contribution in [0.2, 0.25) is 0 Å². The van der Waals surface area contributed by atoms with E-state index >= 15 is 0 Å². The predicted octanol–water partition coefficient (Wildman–Crippen LogP) is 0.850. The maximum absolute atomic E-state index is 12.4. The second-order valence-corrected chi connectivity index (χ2v) is 7.02. The third kappa shape index (κ3) is 3.96. The number of carbonyl (C=O) groups is 1. The van der Waals surface area contributed by atoms with Gasteiger partial charge in [-0.3, -0.25) is 14.6 Å². The Morgan fingerprint density at radius 2 is 2.04 bits per heavy atom. The number of ether oxygens (including phenoxy) is 1. The van der Waals surface area contributed by atoms with Crippen molar-refractivity contribution in [3.05, 3.63) is 17.5 Å². The van der Waals surface area contributed by atoms with Crippen LogP contribution in [0.15, 0.2) is 10.8 Å². The number of carbonyl (C=O) groups excluding carboxylic acids is 1. The van der Waals surface area contributed by atoms with Crippen molar-refractivity contribution in [2.75, 3.05) is 52.4 Å². The number of morpholine rings is 1. The van der Waals surface area contributed by atoms with E-state index in [9.17, 15) is 4.79 Å². The molecular formula is C17H28N4O3. The molecule has 0 aliphatic carbocycles. The third-order valence-electron chi connectivity index (χ3n) is 4.97. The summed E-state index contributed by atoms with van der Waals surface area (Å²) < 4.78 is 10.8. The molecule has 0 spiro atoms. The van der Waals surface area contributed by atoms with Crippen molar-refractivity contribution >= 4 is 5.91 Å². The molecule has 134 valence electrons. The Morgan fingerprint density at radius 1 is 1.29 bits per heavy atom. The van der Waals surface area contributed by atoms with Crippen molar-refractivity contribution in [1.82, 2.24) is 19.9 Å². The molecule has 3 rings (SSSR count). The van der Waals surface area contributed by atoms with E-state index in [4.69, 9.17) is 9.26 Å². The van der Waals surface area contributed by atoms with Crippen LogP contribution in [-0.4, -0.2) is 90.3 Å². The molecule has 2 aliphatic heterocycles. The van der Waals surface area contributed by atoms with Gasteiger partial charge in [-0.05, 0) is 20.8 Å². The van der Waals surface area contributed by atoms with Crippen LogP contribution < -0.4 is 0 Å². The summed E-state index contributed by atoms with van der Waals surface area (Å²) in [6, 6.07) is 0.566. The summed E-state index contributed by atoms with van der Waals surface area (Å²) in [5.74, 6) is -0.0270. The normalized spacial score (nSPS) is 23.8. The van der Waals surface area contributed by atoms with Crippen molar-refractivity contribution in [1.29, 1.82) is 0 Å². The molecule has 2 aliphatic rings. The first-order chi connectivity index (χ1) is 11.5. The first-order valence-corrected chi connectivity index (χ1v) is 8.83. The lowest BCUT2D eigenvalue weighted by Crippen LogP contribution is -2.54. The maximum Gasteiger partial charge on any atom is 0.276 e. The van der Waals surface area contributed by atoms with Gasteiger partial charge in [-0.25, -0.2) is 0 Å². The van der Waals surface area contributed by atoms with E-state index in [2.05, 4.69) is 28.8 Å². The summed E-state index contributed by atoms with van der Waals surface area (Å²) in [6.07, 6.45) is 1.78. The number of hydrogen-bond donors (Lipinski definition) is 0. The molecule has 3 heterocycles. The molecule has 1 unspecified atom stereocenters. The summed E-state index contributed by atoms with van der Waals surface area (Å²) >= 11 is 0. The smallest absolute Gasteiger partial charge is 0.276 e. The highest BCUT2D eigenvalue weighted by molar-refractivity contribution is 5.93. The predicted molar refractivity (Wildman–Crippen MR) is 90.0 cm³/mol. The Kier molecular flexibility index (Phi) is 5.53. The number of rotatable bonds is 4. The second kappa shape index (κ2) is 7.63. The van der Waals surface area contributed by atoms with Gasteiger partial charge in [-0.15, -0.1) is 0 Å². The van der Waals surface area contributed by atoms with E-state index in [1.54, 1.807) is 0 Å². The Labute approximate surface area is 143 Å². The summed E-state index contributed by atoms with van der Waals surface area (Å²) in [7, 11) is 0. The van der Waals surface area contributed by atoms with Crippen LogP contribution in [0.3, 0.4) is 0 Å². The molecule has 1 aromatic heterocycles. The van der Waals surface area contributed by atoms with Gasteiger partial charge in [0.1, 0.15) is 6.26 Å². The second-order valence-electron chi connectivity index (χ2n) is 7.02. The first kappa shape index (κ1) is 17.4. The lowest BCUT2D eigenvalue weighted by atomic mass is 10.2. The molecule has 7 heteroatoms. The summed E-state index contributed by atoms with van der Waals surface area (Å²) in [4.78, 5) is 19.2. The van der Waals surface area contributed by atoms with Crippen LogP contribution in [0.25, 0.3) is 0 Å². The number of aromatic nitrogens is 1. The SMILES string of the molecule is Cc1conc1C(=O)N1CCN(CC2CN(C(C)C)CCO2)CC1. The van der Waals surface area contributed by atoms with E-state index < -0.39 is 0 Å². The van der Waals surface area contributed by atoms with Crippen LogP contribution in [0.1, 0.15) is 29.9 Å². The van der Waals surface area contributed by atoms with Gasteiger partial charge in [0, 0.05) is 57.4 Å². The number of piperazine rings is 1. The van der Waals surface area contributed by atoms with Gasteiger partial charge in [0.15, 0.2) is 5.69 Å². The zero-order valence-electron chi connectivity index (χ0n) is 14.9. The van der Waals surface area contributed by atoms with E-state index in [1.807, 2.05) is 11.8 Å². The minimum atomic E-state index is -0.0270. The van der Waals surface area contributed by atoms with Crippen LogP contribution in [0.4, 0.5) is 0 Å². The largest absolute Gasteiger partial charge is 0.374 e. The number of nitrogens with zero attached hydrogens (tertiary/aromatic N) is 4. The lowest BCUT2D eigenvalue weighted by molar-refractivity contribution is -0.0555. The van der Waals surface area contributed by atoms with E-state index in [-0.39, 0.29) is 12.0 Å². The highest BCUT2D eigenvalue weighted by Gasteiger charge is 2.28. The van der Waals surface area contributed by atoms with Gasteiger partial charge in [-0.1, -0.05) is 5.16 Å². The van der Waals surface area contributed by atoms with Crippen molar-refractivity contribution in [2.24, 2.45) is 0 Å². The van der Waals surface area contributed by atoms with Gasteiger partial charge in [-0.2, -0.15) is 0 Å². The van der Waals surface area contributed by atoms with Crippen LogP contribution in [-0.2, 0) is 4.74 Å². The standard InChI is InChI=1S/C17H28N4O3/c1-13(2)21-8-9-23-15(11-21)10-19-4-6-20(7-5-19)17(22)16-14(3)12-24-18-16/h12-13,15H,4-11H2,1-3H3. The Bertz CT molecular complexity index is 552. The molecule has 2 saturated heterocycles. The molecule has 24 heavy (non-hydrogen) atoms. The monoisotopic (exact) mass is 336 g/mol. The third-order valence-corrected chi connectivity index (χ3v) is 4.97. The van der Waals surface area contributed by atoms with Gasteiger partial charge >= 0.3 is 0 Å². The molecule has 0 N–H and O–H groups in total. The first-order valence-electron chi connectivity index (χ1n) is 8.83. The molecule has 0 saturated carbocycles. The average Bonchev–Trinajstić information content (AvgIpc) is 3.01. The lowest BCUT2D eigenvalue weighted by Gasteiger charge is -2.40. The van der Waals surface area contributed by atoms with Crippen LogP contribution >= 0.6 is 0 Å². The van der Waals surface area contributed by atoms with Gasteiger partial charge in [0.05, 0.1) is 12.7 Å². The van der Waals surface area contributed by atoms with E-state index in [0.717, 1.165) is 58.0 Å². The number of amides is 1. The summed E-state index contributed by atoms with van der Waals surface area (Å²) in [6.45, 7) is 13.3.